The van der Waals surface area contributed by atoms with Gasteiger partial charge in [-0.05, 0) is 66.3 Å². The molecular weight excluding hydrogens is 530 g/mol. The zero-order valence-corrected chi connectivity index (χ0v) is 24.2. The number of nitrogens with two attached hydrogens (primary N) is 2. The number of unbranched alkanes of at least 4 members (excludes halogenated alkanes) is 1. The van der Waals surface area contributed by atoms with Crippen LogP contribution in [0.15, 0.2) is 72.8 Å². The molecule has 1 heterocycles. The van der Waals surface area contributed by atoms with Crippen LogP contribution in [0, 0.1) is 11.8 Å². The summed E-state index contributed by atoms with van der Waals surface area (Å²) in [6.07, 6.45) is 2.16. The van der Waals surface area contributed by atoms with Crippen LogP contribution in [0.2, 0.25) is 0 Å². The minimum atomic E-state index is -0.933. The highest BCUT2D eigenvalue weighted by atomic mass is 16.5. The van der Waals surface area contributed by atoms with E-state index in [2.05, 4.69) is 65.3 Å². The van der Waals surface area contributed by atoms with Crippen LogP contribution in [0.5, 0.6) is 5.75 Å². The number of carbonyl (C=O) groups is 2. The van der Waals surface area contributed by atoms with Crippen molar-refractivity contribution in [2.24, 2.45) is 11.5 Å². The second-order valence-corrected chi connectivity index (χ2v) is 10.4. The van der Waals surface area contributed by atoms with E-state index in [0.29, 0.717) is 19.6 Å². The first-order valence-electron chi connectivity index (χ1n) is 14.2. The van der Waals surface area contributed by atoms with Gasteiger partial charge in [0.05, 0.1) is 12.3 Å². The highest BCUT2D eigenvalue weighted by Crippen LogP contribution is 2.25. The molecule has 0 bridgehead atoms. The van der Waals surface area contributed by atoms with E-state index in [-0.39, 0.29) is 12.3 Å². The molecule has 222 valence electrons. The van der Waals surface area contributed by atoms with Gasteiger partial charge in [-0.25, -0.2) is 0 Å². The molecule has 0 saturated carbocycles. The standard InChI is InChI=1S/C28H27NO3.C6H14N2O2/c1-2-5-24(16-28(30)31)23-12-14-27(15-13-23)32-20-22-10-8-21(9-11-22)17-29-18-25-6-3-4-7-26(25)19-29;7-4-2-1-3-5(8)6(9)10/h3-4,6-15,24H,16-20H2,1H3,(H,30,31);5H,1-4,7-8H2,(H,9,10)/t24-;5-/m00/s1. The summed E-state index contributed by atoms with van der Waals surface area (Å²) in [5, 5.41) is 17.4. The first-order valence-corrected chi connectivity index (χ1v) is 14.2. The quantitative estimate of drug-likeness (QED) is 0.168. The van der Waals surface area contributed by atoms with Crippen molar-refractivity contribution in [2.75, 3.05) is 6.54 Å². The second-order valence-electron chi connectivity index (χ2n) is 10.4. The molecule has 2 atom stereocenters. The van der Waals surface area contributed by atoms with Crippen molar-refractivity contribution < 1.29 is 24.5 Å². The predicted octanol–water partition coefficient (Wildman–Crippen LogP) is 4.89. The fourth-order valence-corrected chi connectivity index (χ4v) is 4.71. The third kappa shape index (κ3) is 10.7. The Morgan fingerprint density at radius 3 is 2.10 bits per heavy atom. The molecule has 3 aromatic carbocycles. The van der Waals surface area contributed by atoms with Gasteiger partial charge in [0, 0.05) is 19.6 Å². The summed E-state index contributed by atoms with van der Waals surface area (Å²) in [4.78, 5) is 23.7. The minimum absolute atomic E-state index is 0.00307. The SMILES string of the molecule is CC#C[C@@H](CC(=O)O)c1ccc(OCc2ccc(CN3Cc4ccccc4C3)cc2)cc1.NCCCC[C@H](N)C(=O)O. The molecular formula is C34H41N3O5. The van der Waals surface area contributed by atoms with Crippen LogP contribution in [0.25, 0.3) is 0 Å². The van der Waals surface area contributed by atoms with Gasteiger partial charge in [0.2, 0.25) is 0 Å². The molecule has 3 aromatic rings. The molecule has 0 spiro atoms. The molecule has 0 amide bonds. The lowest BCUT2D eigenvalue weighted by Gasteiger charge is -2.15. The molecule has 4 rings (SSSR count). The molecule has 0 aromatic heterocycles. The largest absolute Gasteiger partial charge is 0.489 e. The van der Waals surface area contributed by atoms with Crippen molar-refractivity contribution in [3.63, 3.8) is 0 Å². The van der Waals surface area contributed by atoms with Gasteiger partial charge >= 0.3 is 11.9 Å². The van der Waals surface area contributed by atoms with Gasteiger partial charge in [0.15, 0.2) is 0 Å². The summed E-state index contributed by atoms with van der Waals surface area (Å²) < 4.78 is 5.92. The molecule has 1 aliphatic rings. The fraction of sp³-hybridized carbons (Fsp3) is 0.353. The van der Waals surface area contributed by atoms with E-state index in [9.17, 15) is 9.59 Å². The lowest BCUT2D eigenvalue weighted by molar-refractivity contribution is -0.139. The zero-order valence-electron chi connectivity index (χ0n) is 24.2. The number of benzene rings is 3. The summed E-state index contributed by atoms with van der Waals surface area (Å²) in [5.74, 6) is 4.45. The maximum absolute atomic E-state index is 11.1. The number of carboxylic acid groups (broad SMARTS) is 2. The molecule has 0 unspecified atom stereocenters. The third-order valence-electron chi connectivity index (χ3n) is 7.01. The molecule has 8 nitrogen and oxygen atoms in total. The first-order chi connectivity index (χ1) is 20.3. The normalized spacial score (nSPS) is 13.5. The number of ether oxygens (including phenoxy) is 1. The number of fused-ring (bicyclic) bond motifs is 1. The summed E-state index contributed by atoms with van der Waals surface area (Å²) in [7, 11) is 0. The zero-order chi connectivity index (χ0) is 30.3. The van der Waals surface area contributed by atoms with E-state index in [1.807, 2.05) is 24.3 Å². The predicted molar refractivity (Wildman–Crippen MR) is 164 cm³/mol. The van der Waals surface area contributed by atoms with E-state index < -0.39 is 18.0 Å². The van der Waals surface area contributed by atoms with Crippen molar-refractivity contribution in [1.82, 2.24) is 4.90 Å². The van der Waals surface area contributed by atoms with Crippen molar-refractivity contribution in [3.05, 3.63) is 101 Å². The number of rotatable bonds is 13. The van der Waals surface area contributed by atoms with Crippen molar-refractivity contribution >= 4 is 11.9 Å². The second kappa shape index (κ2) is 16.9. The lowest BCUT2D eigenvalue weighted by atomic mass is 9.96. The van der Waals surface area contributed by atoms with E-state index in [1.54, 1.807) is 6.92 Å². The van der Waals surface area contributed by atoms with Gasteiger partial charge in [-0.2, -0.15) is 0 Å². The van der Waals surface area contributed by atoms with Crippen LogP contribution >= 0.6 is 0 Å². The van der Waals surface area contributed by atoms with Crippen molar-refractivity contribution in [3.8, 4) is 17.6 Å². The van der Waals surface area contributed by atoms with Crippen molar-refractivity contribution in [1.29, 1.82) is 0 Å². The van der Waals surface area contributed by atoms with E-state index in [4.69, 9.17) is 26.4 Å². The number of hydrogen-bond acceptors (Lipinski definition) is 6. The van der Waals surface area contributed by atoms with Crippen molar-refractivity contribution in [2.45, 2.75) is 70.8 Å². The lowest BCUT2D eigenvalue weighted by Crippen LogP contribution is -2.29. The topological polar surface area (TPSA) is 139 Å². The molecule has 42 heavy (non-hydrogen) atoms. The number of hydrogen-bond donors (Lipinski definition) is 4. The Labute approximate surface area is 248 Å². The van der Waals surface area contributed by atoms with Crippen LogP contribution < -0.4 is 16.2 Å². The van der Waals surface area contributed by atoms with Gasteiger partial charge in [-0.15, -0.1) is 5.92 Å². The average Bonchev–Trinajstić information content (AvgIpc) is 3.39. The Morgan fingerprint density at radius 2 is 1.55 bits per heavy atom. The molecule has 0 fully saturated rings. The van der Waals surface area contributed by atoms with Gasteiger partial charge in [0.1, 0.15) is 18.4 Å². The molecule has 0 saturated heterocycles. The highest BCUT2D eigenvalue weighted by Gasteiger charge is 2.18. The minimum Gasteiger partial charge on any atom is -0.489 e. The van der Waals surface area contributed by atoms with E-state index in [0.717, 1.165) is 49.4 Å². The fourth-order valence-electron chi connectivity index (χ4n) is 4.71. The van der Waals surface area contributed by atoms with Crippen LogP contribution in [0.1, 0.15) is 66.3 Å². The van der Waals surface area contributed by atoms with Gasteiger partial charge in [0.25, 0.3) is 0 Å². The number of aliphatic carboxylic acids is 2. The maximum atomic E-state index is 11.1. The Hall–Kier alpha value is -4.16. The number of nitrogens with zero attached hydrogens (tertiary/aromatic N) is 1. The Bertz CT molecular complexity index is 1320. The molecule has 1 aliphatic heterocycles. The van der Waals surface area contributed by atoms with Crippen LogP contribution in [0.3, 0.4) is 0 Å². The first kappa shape index (κ1) is 32.4. The Balaban J connectivity index is 0.000000416. The summed E-state index contributed by atoms with van der Waals surface area (Å²) in [6, 6.07) is 24.0. The van der Waals surface area contributed by atoms with Crippen LogP contribution in [-0.2, 0) is 35.8 Å². The summed E-state index contributed by atoms with van der Waals surface area (Å²) in [5.41, 5.74) is 16.6. The Kier molecular flexibility index (Phi) is 13.1. The maximum Gasteiger partial charge on any atom is 0.320 e. The van der Waals surface area contributed by atoms with Crippen LogP contribution in [-0.4, -0.2) is 39.6 Å². The summed E-state index contributed by atoms with van der Waals surface area (Å²) >= 11 is 0. The molecule has 0 aliphatic carbocycles. The van der Waals surface area contributed by atoms with E-state index >= 15 is 0 Å². The van der Waals surface area contributed by atoms with Gasteiger partial charge in [-0.1, -0.05) is 73.0 Å². The highest BCUT2D eigenvalue weighted by molar-refractivity contribution is 5.72. The molecule has 6 N–H and O–H groups in total. The summed E-state index contributed by atoms with van der Waals surface area (Å²) in [6.45, 7) is 5.77. The molecule has 8 heteroatoms. The monoisotopic (exact) mass is 571 g/mol. The van der Waals surface area contributed by atoms with Gasteiger partial charge in [-0.3, -0.25) is 14.5 Å². The van der Waals surface area contributed by atoms with Crippen LogP contribution in [0.4, 0.5) is 0 Å². The van der Waals surface area contributed by atoms with Gasteiger partial charge < -0.3 is 26.4 Å². The smallest absolute Gasteiger partial charge is 0.320 e. The number of carboxylic acids is 2. The van der Waals surface area contributed by atoms with E-state index in [1.165, 1.54) is 16.7 Å². The third-order valence-corrected chi connectivity index (χ3v) is 7.01. The average molecular weight is 572 g/mol. The Morgan fingerprint density at radius 1 is 0.929 bits per heavy atom. The molecule has 0 radical (unpaired) electrons.